The summed E-state index contributed by atoms with van der Waals surface area (Å²) >= 11 is 5.78. The van der Waals surface area contributed by atoms with E-state index in [2.05, 4.69) is 0 Å². The average molecular weight is 443 g/mol. The van der Waals surface area contributed by atoms with Gasteiger partial charge >= 0.3 is 5.97 Å². The highest BCUT2D eigenvalue weighted by molar-refractivity contribution is 7.89. The summed E-state index contributed by atoms with van der Waals surface area (Å²) in [4.78, 5) is 22.2. The van der Waals surface area contributed by atoms with Gasteiger partial charge in [-0.25, -0.2) is 12.8 Å². The fourth-order valence-electron chi connectivity index (χ4n) is 3.44. The van der Waals surface area contributed by atoms with Gasteiger partial charge < -0.3 is 4.74 Å². The highest BCUT2D eigenvalue weighted by Crippen LogP contribution is 2.39. The van der Waals surface area contributed by atoms with E-state index < -0.39 is 49.2 Å². The molecule has 0 unspecified atom stereocenters. The molecule has 154 valence electrons. The van der Waals surface area contributed by atoms with Crippen LogP contribution in [0.5, 0.6) is 0 Å². The van der Waals surface area contributed by atoms with Crippen molar-refractivity contribution in [2.75, 3.05) is 20.2 Å². The Bertz CT molecular complexity index is 1080. The van der Waals surface area contributed by atoms with Crippen LogP contribution in [0.15, 0.2) is 47.4 Å². The largest absolute Gasteiger partial charge is 0.469 e. The van der Waals surface area contributed by atoms with Crippen molar-refractivity contribution in [2.24, 2.45) is 5.92 Å². The van der Waals surface area contributed by atoms with Gasteiger partial charge in [0.25, 0.3) is 5.69 Å². The van der Waals surface area contributed by atoms with E-state index in [-0.39, 0.29) is 23.7 Å². The highest BCUT2D eigenvalue weighted by atomic mass is 35.5. The Morgan fingerprint density at radius 2 is 1.97 bits per heavy atom. The van der Waals surface area contributed by atoms with E-state index in [1.54, 1.807) is 0 Å². The molecule has 1 saturated heterocycles. The second-order valence-corrected chi connectivity index (χ2v) is 8.79. The van der Waals surface area contributed by atoms with Crippen molar-refractivity contribution in [3.05, 3.63) is 69.0 Å². The molecule has 3 rings (SSSR count). The van der Waals surface area contributed by atoms with E-state index in [1.807, 2.05) is 0 Å². The average Bonchev–Trinajstić information content (AvgIpc) is 3.13. The van der Waals surface area contributed by atoms with Crippen LogP contribution in [0.25, 0.3) is 0 Å². The van der Waals surface area contributed by atoms with Gasteiger partial charge in [0.1, 0.15) is 5.82 Å². The molecule has 2 aromatic carbocycles. The number of benzene rings is 2. The number of nitro benzene ring substituents is 1. The summed E-state index contributed by atoms with van der Waals surface area (Å²) in [7, 11) is -3.17. The maximum Gasteiger partial charge on any atom is 0.310 e. The van der Waals surface area contributed by atoms with E-state index in [1.165, 1.54) is 24.3 Å². The lowest BCUT2D eigenvalue weighted by Crippen LogP contribution is -2.30. The lowest BCUT2D eigenvalue weighted by Gasteiger charge is -2.17. The van der Waals surface area contributed by atoms with Crippen molar-refractivity contribution in [1.29, 1.82) is 0 Å². The molecule has 1 aliphatic rings. The van der Waals surface area contributed by atoms with Crippen molar-refractivity contribution in [2.45, 2.75) is 10.8 Å². The van der Waals surface area contributed by atoms with Crippen molar-refractivity contribution in [3.8, 4) is 0 Å². The molecule has 29 heavy (non-hydrogen) atoms. The molecule has 11 heteroatoms. The number of hydrogen-bond acceptors (Lipinski definition) is 6. The van der Waals surface area contributed by atoms with E-state index >= 15 is 0 Å². The first-order chi connectivity index (χ1) is 13.7. The molecule has 0 aliphatic carbocycles. The fraction of sp³-hybridized carbons (Fsp3) is 0.278. The topological polar surface area (TPSA) is 107 Å². The first-order valence-electron chi connectivity index (χ1n) is 8.43. The third kappa shape index (κ3) is 3.96. The Morgan fingerprint density at radius 1 is 1.28 bits per heavy atom. The Kier molecular flexibility index (Phi) is 5.87. The van der Waals surface area contributed by atoms with E-state index in [0.717, 1.165) is 29.6 Å². The summed E-state index contributed by atoms with van der Waals surface area (Å²) in [5.74, 6) is -3.20. The number of rotatable bonds is 5. The summed E-state index contributed by atoms with van der Waals surface area (Å²) in [6.45, 7) is -0.541. The Morgan fingerprint density at radius 3 is 2.59 bits per heavy atom. The number of para-hydroxylation sites is 1. The molecule has 0 saturated carbocycles. The third-order valence-electron chi connectivity index (χ3n) is 4.83. The second-order valence-electron chi connectivity index (χ2n) is 6.45. The van der Waals surface area contributed by atoms with Crippen LogP contribution < -0.4 is 0 Å². The predicted molar refractivity (Wildman–Crippen MR) is 102 cm³/mol. The molecule has 0 bridgehead atoms. The molecule has 0 aromatic heterocycles. The third-order valence-corrected chi connectivity index (χ3v) is 6.95. The van der Waals surface area contributed by atoms with Crippen molar-refractivity contribution in [1.82, 2.24) is 4.31 Å². The summed E-state index contributed by atoms with van der Waals surface area (Å²) in [6.07, 6.45) is 0. The van der Waals surface area contributed by atoms with Gasteiger partial charge in [0.05, 0.1) is 18.0 Å². The zero-order valence-corrected chi connectivity index (χ0v) is 16.7. The van der Waals surface area contributed by atoms with Crippen LogP contribution in [0.3, 0.4) is 0 Å². The van der Waals surface area contributed by atoms with Gasteiger partial charge in [-0.1, -0.05) is 29.8 Å². The van der Waals surface area contributed by atoms with Crippen molar-refractivity contribution < 1.29 is 27.3 Å². The Labute approximate surface area is 171 Å². The molecule has 8 nitrogen and oxygen atoms in total. The minimum Gasteiger partial charge on any atom is -0.469 e. The molecule has 0 spiro atoms. The number of ether oxygens (including phenoxy) is 1. The van der Waals surface area contributed by atoms with Crippen LogP contribution in [-0.4, -0.2) is 43.8 Å². The molecule has 1 aliphatic heterocycles. The van der Waals surface area contributed by atoms with Crippen molar-refractivity contribution >= 4 is 33.3 Å². The van der Waals surface area contributed by atoms with Crippen LogP contribution in [0.1, 0.15) is 11.5 Å². The lowest BCUT2D eigenvalue weighted by atomic mass is 9.88. The monoisotopic (exact) mass is 442 g/mol. The molecule has 1 fully saturated rings. The van der Waals surface area contributed by atoms with Crippen LogP contribution in [0, 0.1) is 21.8 Å². The highest BCUT2D eigenvalue weighted by Gasteiger charge is 2.46. The zero-order valence-electron chi connectivity index (χ0n) is 15.1. The van der Waals surface area contributed by atoms with Crippen molar-refractivity contribution in [3.63, 3.8) is 0 Å². The smallest absolute Gasteiger partial charge is 0.310 e. The first kappa shape index (κ1) is 21.2. The number of sulfonamides is 1. The summed E-state index contributed by atoms with van der Waals surface area (Å²) in [6, 6.07) is 8.82. The van der Waals surface area contributed by atoms with Gasteiger partial charge in [0, 0.05) is 30.1 Å². The number of halogens is 2. The van der Waals surface area contributed by atoms with Gasteiger partial charge in [-0.2, -0.15) is 4.31 Å². The minimum atomic E-state index is -4.32. The Hall–Kier alpha value is -2.56. The summed E-state index contributed by atoms with van der Waals surface area (Å²) < 4.78 is 46.3. The van der Waals surface area contributed by atoms with E-state index in [4.69, 9.17) is 16.3 Å². The van der Waals surface area contributed by atoms with Gasteiger partial charge in [0.15, 0.2) is 4.90 Å². The van der Waals surface area contributed by atoms with Gasteiger partial charge in [-0.15, -0.1) is 0 Å². The molecule has 2 atom stereocenters. The zero-order chi connectivity index (χ0) is 21.3. The molecular formula is C18H16ClFN2O6S. The molecule has 0 N–H and O–H groups in total. The predicted octanol–water partition coefficient (Wildman–Crippen LogP) is 2.96. The number of carbonyl (C=O) groups excluding carboxylic acids is 1. The van der Waals surface area contributed by atoms with Crippen LogP contribution in [-0.2, 0) is 19.6 Å². The molecule has 1 heterocycles. The minimum absolute atomic E-state index is 0.116. The Balaban J connectivity index is 2.04. The van der Waals surface area contributed by atoms with Crippen LogP contribution in [0.4, 0.5) is 10.1 Å². The van der Waals surface area contributed by atoms with E-state index in [0.29, 0.717) is 0 Å². The SMILES string of the molecule is COC(=O)[C@@H]1CN(S(=O)(=O)c2ccccc2[N+](=O)[O-])C[C@H]1c1ccc(Cl)cc1F. The fourth-order valence-corrected chi connectivity index (χ4v) is 5.24. The molecule has 2 aromatic rings. The van der Waals surface area contributed by atoms with Crippen LogP contribution >= 0.6 is 11.6 Å². The van der Waals surface area contributed by atoms with Gasteiger partial charge in [-0.3, -0.25) is 14.9 Å². The quantitative estimate of drug-likeness (QED) is 0.400. The summed E-state index contributed by atoms with van der Waals surface area (Å²) in [5.41, 5.74) is -0.465. The standard InChI is InChI=1S/C18H16ClFN2O6S/c1-28-18(23)14-10-21(9-13(14)12-7-6-11(19)8-15(12)20)29(26,27)17-5-3-2-4-16(17)22(24)25/h2-8,13-14H,9-10H2,1H3/t13-,14+/m0/s1. The number of carbonyl (C=O) groups is 1. The number of nitro groups is 1. The molecule has 0 amide bonds. The molecular weight excluding hydrogens is 427 g/mol. The second kappa shape index (κ2) is 8.05. The number of hydrogen-bond donors (Lipinski definition) is 0. The van der Waals surface area contributed by atoms with Gasteiger partial charge in [-0.05, 0) is 23.8 Å². The molecule has 0 radical (unpaired) electrons. The van der Waals surface area contributed by atoms with Crippen LogP contribution in [0.2, 0.25) is 5.02 Å². The number of methoxy groups -OCH3 is 1. The first-order valence-corrected chi connectivity index (χ1v) is 10.2. The number of nitrogens with zero attached hydrogens (tertiary/aromatic N) is 2. The maximum atomic E-state index is 14.5. The normalized spacial score (nSPS) is 19.8. The lowest BCUT2D eigenvalue weighted by molar-refractivity contribution is -0.387. The number of esters is 1. The summed E-state index contributed by atoms with van der Waals surface area (Å²) in [5, 5.41) is 11.4. The maximum absolute atomic E-state index is 14.5. The van der Waals surface area contributed by atoms with E-state index in [9.17, 15) is 27.7 Å². The van der Waals surface area contributed by atoms with Gasteiger partial charge in [0.2, 0.25) is 10.0 Å².